The lowest BCUT2D eigenvalue weighted by molar-refractivity contribution is -0.0738. The zero-order valence-electron chi connectivity index (χ0n) is 16.7. The zero-order chi connectivity index (χ0) is 20.8. The summed E-state index contributed by atoms with van der Waals surface area (Å²) in [5.74, 6) is 0.920. The Labute approximate surface area is 170 Å². The molecule has 0 amide bonds. The minimum atomic E-state index is -0.970. The van der Waals surface area contributed by atoms with Gasteiger partial charge in [0.05, 0.1) is 18.2 Å². The molecule has 29 heavy (non-hydrogen) atoms. The molecular weight excluding hydrogens is 368 g/mol. The fourth-order valence-corrected chi connectivity index (χ4v) is 4.37. The Balaban J connectivity index is 1.89. The average molecular weight is 392 g/mol. The molecule has 3 N–H and O–H groups in total. The maximum absolute atomic E-state index is 11.1. The number of likely N-dealkylation sites (N-methyl/N-ethyl adjacent to an activating group) is 1. The first kappa shape index (κ1) is 19.2. The summed E-state index contributed by atoms with van der Waals surface area (Å²) in [4.78, 5) is 6.29. The number of aliphatic imine (C=N–C) groups is 1. The fraction of sp³-hybridized carbons (Fsp3) is 0.364. The van der Waals surface area contributed by atoms with Crippen LogP contribution in [0, 0.1) is 11.3 Å². The van der Waals surface area contributed by atoms with Crippen LogP contribution in [0.25, 0.3) is 11.1 Å². The van der Waals surface area contributed by atoms with Crippen LogP contribution in [0.2, 0.25) is 0 Å². The summed E-state index contributed by atoms with van der Waals surface area (Å²) >= 11 is 0. The number of nitrogens with two attached hydrogens (primary N) is 1. The van der Waals surface area contributed by atoms with Crippen LogP contribution < -0.4 is 10.5 Å². The molecule has 1 spiro atoms. The Bertz CT molecular complexity index is 1030. The van der Waals surface area contributed by atoms with E-state index in [9.17, 15) is 10.4 Å². The number of fused-ring (bicyclic) bond motifs is 2. The van der Waals surface area contributed by atoms with Crippen LogP contribution in [0.15, 0.2) is 47.5 Å². The van der Waals surface area contributed by atoms with Crippen molar-refractivity contribution in [3.8, 4) is 22.9 Å². The van der Waals surface area contributed by atoms with Gasteiger partial charge in [-0.1, -0.05) is 18.2 Å². The first-order chi connectivity index (χ1) is 13.8. The van der Waals surface area contributed by atoms with Gasteiger partial charge < -0.3 is 25.2 Å². The Morgan fingerprint density at radius 3 is 2.76 bits per heavy atom. The van der Waals surface area contributed by atoms with Gasteiger partial charge in [-0.2, -0.15) is 5.26 Å². The molecule has 4 rings (SSSR count). The third-order valence-corrected chi connectivity index (χ3v) is 5.69. The molecular formula is C22H24N4O3. The summed E-state index contributed by atoms with van der Waals surface area (Å²) in [6.45, 7) is 2.30. The molecule has 2 aliphatic heterocycles. The van der Waals surface area contributed by atoms with Gasteiger partial charge in [-0.05, 0) is 42.3 Å². The van der Waals surface area contributed by atoms with Crippen molar-refractivity contribution in [3.05, 3.63) is 53.6 Å². The fourth-order valence-electron chi connectivity index (χ4n) is 4.37. The van der Waals surface area contributed by atoms with E-state index < -0.39 is 17.4 Å². The number of nitriles is 1. The van der Waals surface area contributed by atoms with Gasteiger partial charge in [-0.3, -0.25) is 0 Å². The summed E-state index contributed by atoms with van der Waals surface area (Å²) in [6, 6.07) is 15.4. The van der Waals surface area contributed by atoms with Crippen molar-refractivity contribution < 1.29 is 14.6 Å². The molecule has 0 radical (unpaired) electrons. The average Bonchev–Trinajstić information content (AvgIpc) is 2.91. The number of benzene rings is 2. The molecule has 3 atom stereocenters. The van der Waals surface area contributed by atoms with Crippen molar-refractivity contribution in [2.45, 2.75) is 30.7 Å². The molecule has 0 bridgehead atoms. The SMILES string of the molecule is COCC1(C)CC2(N=C(N)N(C)C2O)c2cc(-c3cccc(C#N)c3)ccc2O1. The lowest BCUT2D eigenvalue weighted by Gasteiger charge is -2.45. The highest BCUT2D eigenvalue weighted by Crippen LogP contribution is 2.51. The molecule has 2 aromatic rings. The molecule has 7 heteroatoms. The monoisotopic (exact) mass is 392 g/mol. The maximum atomic E-state index is 11.1. The van der Waals surface area contributed by atoms with E-state index in [0.29, 0.717) is 24.3 Å². The van der Waals surface area contributed by atoms with Crippen LogP contribution in [0.5, 0.6) is 5.75 Å². The third kappa shape index (κ3) is 3.01. The van der Waals surface area contributed by atoms with Gasteiger partial charge in [-0.25, -0.2) is 4.99 Å². The molecule has 0 aromatic heterocycles. The van der Waals surface area contributed by atoms with Crippen molar-refractivity contribution in [1.82, 2.24) is 4.90 Å². The number of hydrogen-bond acceptors (Lipinski definition) is 7. The number of nitrogens with zero attached hydrogens (tertiary/aromatic N) is 3. The van der Waals surface area contributed by atoms with Crippen molar-refractivity contribution in [2.24, 2.45) is 10.7 Å². The van der Waals surface area contributed by atoms with Gasteiger partial charge in [0.15, 0.2) is 12.2 Å². The van der Waals surface area contributed by atoms with Crippen molar-refractivity contribution in [1.29, 1.82) is 5.26 Å². The Morgan fingerprint density at radius 1 is 1.34 bits per heavy atom. The van der Waals surface area contributed by atoms with Crippen LogP contribution in [0.4, 0.5) is 0 Å². The van der Waals surface area contributed by atoms with E-state index in [1.54, 1.807) is 25.1 Å². The number of hydrogen-bond donors (Lipinski definition) is 2. The molecule has 3 unspecified atom stereocenters. The molecule has 0 saturated carbocycles. The topological polar surface area (TPSA) is 104 Å². The molecule has 2 heterocycles. The van der Waals surface area contributed by atoms with Crippen LogP contribution in [-0.4, -0.2) is 48.6 Å². The molecule has 7 nitrogen and oxygen atoms in total. The number of guanidine groups is 1. The van der Waals surface area contributed by atoms with E-state index in [2.05, 4.69) is 6.07 Å². The van der Waals surface area contributed by atoms with E-state index in [0.717, 1.165) is 16.7 Å². The molecule has 2 aliphatic rings. The second-order valence-electron chi connectivity index (χ2n) is 7.94. The van der Waals surface area contributed by atoms with Crippen LogP contribution in [0.1, 0.15) is 24.5 Å². The second-order valence-corrected chi connectivity index (χ2v) is 7.94. The number of aliphatic hydroxyl groups is 1. The van der Waals surface area contributed by atoms with Crippen LogP contribution in [0.3, 0.4) is 0 Å². The summed E-state index contributed by atoms with van der Waals surface area (Å²) in [5.41, 5.74) is 7.63. The minimum Gasteiger partial charge on any atom is -0.485 e. The Kier molecular flexibility index (Phi) is 4.49. The van der Waals surface area contributed by atoms with Gasteiger partial charge in [0.1, 0.15) is 16.9 Å². The maximum Gasteiger partial charge on any atom is 0.194 e. The molecule has 150 valence electrons. The zero-order valence-corrected chi connectivity index (χ0v) is 16.7. The second kappa shape index (κ2) is 6.76. The normalized spacial score (nSPS) is 27.9. The predicted octanol–water partition coefficient (Wildman–Crippen LogP) is 2.19. The highest BCUT2D eigenvalue weighted by Gasteiger charge is 2.56. The molecule has 0 aliphatic carbocycles. The minimum absolute atomic E-state index is 0.280. The first-order valence-corrected chi connectivity index (χ1v) is 9.41. The smallest absolute Gasteiger partial charge is 0.194 e. The summed E-state index contributed by atoms with van der Waals surface area (Å²) in [7, 11) is 3.35. The van der Waals surface area contributed by atoms with Gasteiger partial charge in [-0.15, -0.1) is 0 Å². The van der Waals surface area contributed by atoms with E-state index in [1.165, 1.54) is 0 Å². The predicted molar refractivity (Wildman–Crippen MR) is 109 cm³/mol. The van der Waals surface area contributed by atoms with E-state index in [4.69, 9.17) is 20.2 Å². The van der Waals surface area contributed by atoms with Crippen molar-refractivity contribution >= 4 is 5.96 Å². The van der Waals surface area contributed by atoms with E-state index in [-0.39, 0.29) is 5.96 Å². The van der Waals surface area contributed by atoms with Crippen LogP contribution >= 0.6 is 0 Å². The van der Waals surface area contributed by atoms with Crippen molar-refractivity contribution in [2.75, 3.05) is 20.8 Å². The number of ether oxygens (including phenoxy) is 2. The highest BCUT2D eigenvalue weighted by molar-refractivity contribution is 5.82. The largest absolute Gasteiger partial charge is 0.485 e. The summed E-state index contributed by atoms with van der Waals surface area (Å²) < 4.78 is 11.7. The lowest BCUT2D eigenvalue weighted by atomic mass is 9.75. The Morgan fingerprint density at radius 2 is 2.10 bits per heavy atom. The van der Waals surface area contributed by atoms with Crippen molar-refractivity contribution in [3.63, 3.8) is 0 Å². The summed E-state index contributed by atoms with van der Waals surface area (Å²) in [5, 5.41) is 20.3. The molecule has 2 aromatic carbocycles. The molecule has 0 saturated heterocycles. The number of methoxy groups -OCH3 is 1. The van der Waals surface area contributed by atoms with Gasteiger partial charge in [0, 0.05) is 26.1 Å². The highest BCUT2D eigenvalue weighted by atomic mass is 16.5. The molecule has 0 fully saturated rings. The summed E-state index contributed by atoms with van der Waals surface area (Å²) in [6.07, 6.45) is -0.517. The van der Waals surface area contributed by atoms with Gasteiger partial charge >= 0.3 is 0 Å². The van der Waals surface area contributed by atoms with Gasteiger partial charge in [0.2, 0.25) is 0 Å². The first-order valence-electron chi connectivity index (χ1n) is 9.41. The Hall–Kier alpha value is -3.08. The standard InChI is InChI=1S/C22H24N4O3/c1-21(13-28-3)12-22(19(27)26(2)20(24)25-22)17-10-16(7-8-18(17)29-21)15-6-4-5-14(9-15)11-23/h4-10,19,27H,12-13H2,1-3H3,(H2,24,25). The van der Waals surface area contributed by atoms with E-state index in [1.807, 2.05) is 43.3 Å². The quantitative estimate of drug-likeness (QED) is 0.830. The number of aliphatic hydroxyl groups excluding tert-OH is 1. The number of rotatable bonds is 3. The van der Waals surface area contributed by atoms with Crippen LogP contribution in [-0.2, 0) is 10.3 Å². The van der Waals surface area contributed by atoms with E-state index >= 15 is 0 Å². The third-order valence-electron chi connectivity index (χ3n) is 5.69. The lowest BCUT2D eigenvalue weighted by Crippen LogP contribution is -2.54. The van der Waals surface area contributed by atoms with Gasteiger partial charge in [0.25, 0.3) is 0 Å².